The quantitative estimate of drug-likeness (QED) is 0.559. The monoisotopic (exact) mass is 421 g/mol. The zero-order valence-electron chi connectivity index (χ0n) is 16.1. The van der Waals surface area contributed by atoms with Crippen molar-refractivity contribution >= 4 is 21.7 Å². The van der Waals surface area contributed by atoms with Gasteiger partial charge < -0.3 is 10.2 Å². The van der Waals surface area contributed by atoms with Crippen molar-refractivity contribution in [2.75, 3.05) is 44.2 Å². The summed E-state index contributed by atoms with van der Waals surface area (Å²) in [5, 5.41) is 3.16. The first-order valence-corrected chi connectivity index (χ1v) is 10.7. The Morgan fingerprint density at radius 2 is 1.82 bits per heavy atom. The molecule has 0 aliphatic carbocycles. The van der Waals surface area contributed by atoms with Gasteiger partial charge in [0.25, 0.3) is 0 Å². The second kappa shape index (κ2) is 8.99. The molecule has 7 nitrogen and oxygen atoms in total. The highest BCUT2D eigenvalue weighted by Gasteiger charge is 2.41. The highest BCUT2D eigenvalue weighted by molar-refractivity contribution is 7.92. The van der Waals surface area contributed by atoms with Gasteiger partial charge in [-0.1, -0.05) is 18.2 Å². The van der Waals surface area contributed by atoms with Gasteiger partial charge in [0.05, 0.1) is 11.9 Å². The second-order valence-corrected chi connectivity index (χ2v) is 8.42. The molecule has 1 aromatic rings. The predicted octanol–water partition coefficient (Wildman–Crippen LogP) is 1.70. The number of hydrogen-bond donors (Lipinski definition) is 2. The number of guanidine groups is 1. The number of halogens is 3. The molecule has 158 valence electrons. The minimum atomic E-state index is -4.24. The first kappa shape index (κ1) is 22.3. The van der Waals surface area contributed by atoms with Crippen LogP contribution in [0.5, 0.6) is 0 Å². The number of anilines is 1. The van der Waals surface area contributed by atoms with Crippen LogP contribution in [-0.2, 0) is 16.6 Å². The summed E-state index contributed by atoms with van der Waals surface area (Å²) in [5.74, 6) is 0.563. The third kappa shape index (κ3) is 6.26. The Labute approximate surface area is 163 Å². The third-order valence-electron chi connectivity index (χ3n) is 4.60. The van der Waals surface area contributed by atoms with Crippen LogP contribution in [0.3, 0.4) is 0 Å². The van der Waals surface area contributed by atoms with Crippen molar-refractivity contribution in [3.05, 3.63) is 29.8 Å². The number of nitrogens with zero attached hydrogens (tertiary/aromatic N) is 3. The van der Waals surface area contributed by atoms with Crippen molar-refractivity contribution in [1.29, 1.82) is 0 Å². The molecule has 28 heavy (non-hydrogen) atoms. The Bertz CT molecular complexity index is 790. The summed E-state index contributed by atoms with van der Waals surface area (Å²) in [5.41, 5.74) is 1.20. The molecule has 0 aromatic heterocycles. The number of rotatable bonds is 5. The predicted molar refractivity (Wildman–Crippen MR) is 104 cm³/mol. The summed E-state index contributed by atoms with van der Waals surface area (Å²) in [4.78, 5) is 7.51. The summed E-state index contributed by atoms with van der Waals surface area (Å²) < 4.78 is 64.1. The van der Waals surface area contributed by atoms with Gasteiger partial charge in [0.1, 0.15) is 6.04 Å². The fourth-order valence-corrected chi connectivity index (χ4v) is 3.61. The number of alkyl halides is 3. The Balaban J connectivity index is 1.97. The molecule has 0 radical (unpaired) electrons. The number of aliphatic imine (C=N–C) groups is 1. The smallest absolute Gasteiger partial charge is 0.352 e. The summed E-state index contributed by atoms with van der Waals surface area (Å²) in [6.45, 7) is 2.91. The van der Waals surface area contributed by atoms with E-state index in [1.165, 1.54) is 11.8 Å². The van der Waals surface area contributed by atoms with Crippen molar-refractivity contribution < 1.29 is 21.6 Å². The van der Waals surface area contributed by atoms with Crippen LogP contribution >= 0.6 is 0 Å². The molecule has 1 fully saturated rings. The average molecular weight is 421 g/mol. The average Bonchev–Trinajstić information content (AvgIpc) is 2.61. The molecule has 1 saturated heterocycles. The largest absolute Gasteiger partial charge is 0.403 e. The van der Waals surface area contributed by atoms with E-state index in [1.807, 2.05) is 4.90 Å². The number of hydrogen-bond acceptors (Lipinski definition) is 4. The van der Waals surface area contributed by atoms with Crippen LogP contribution in [0, 0.1) is 0 Å². The normalized spacial score (nSPS) is 18.1. The van der Waals surface area contributed by atoms with Crippen LogP contribution in [-0.4, -0.2) is 75.9 Å². The van der Waals surface area contributed by atoms with Crippen molar-refractivity contribution in [1.82, 2.24) is 15.1 Å². The molecular weight excluding hydrogens is 395 g/mol. The minimum Gasteiger partial charge on any atom is -0.352 e. The highest BCUT2D eigenvalue weighted by Crippen LogP contribution is 2.25. The molecule has 0 saturated carbocycles. The summed E-state index contributed by atoms with van der Waals surface area (Å²) >= 11 is 0. The standard InChI is InChI=1S/C17H26F3N5O2S/c1-13(17(18,19)20)24-8-10-25(11-9-24)16(21-2)22-12-14-6-4-5-7-15(14)23-28(3,26)27/h4-7,13,23H,8-12H2,1-3H3,(H,21,22). The lowest BCUT2D eigenvalue weighted by molar-refractivity contribution is -0.181. The van der Waals surface area contributed by atoms with Gasteiger partial charge >= 0.3 is 6.18 Å². The van der Waals surface area contributed by atoms with E-state index >= 15 is 0 Å². The molecule has 1 aliphatic heterocycles. The number of piperazine rings is 1. The van der Waals surface area contributed by atoms with E-state index < -0.39 is 22.2 Å². The molecule has 1 unspecified atom stereocenters. The van der Waals surface area contributed by atoms with Gasteiger partial charge in [0.15, 0.2) is 5.96 Å². The van der Waals surface area contributed by atoms with E-state index in [2.05, 4.69) is 15.0 Å². The third-order valence-corrected chi connectivity index (χ3v) is 5.19. The zero-order chi connectivity index (χ0) is 20.9. The van der Waals surface area contributed by atoms with E-state index in [-0.39, 0.29) is 13.1 Å². The SMILES string of the molecule is CN=C(NCc1ccccc1NS(C)(=O)=O)N1CCN(C(C)C(F)(F)F)CC1. The highest BCUT2D eigenvalue weighted by atomic mass is 32.2. The maximum atomic E-state index is 12.9. The molecular formula is C17H26F3N5O2S. The lowest BCUT2D eigenvalue weighted by Crippen LogP contribution is -2.56. The maximum Gasteiger partial charge on any atom is 0.403 e. The van der Waals surface area contributed by atoms with Gasteiger partial charge in [-0.25, -0.2) is 8.42 Å². The van der Waals surface area contributed by atoms with Crippen molar-refractivity contribution in [3.8, 4) is 0 Å². The van der Waals surface area contributed by atoms with Crippen LogP contribution in [0.15, 0.2) is 29.3 Å². The first-order chi connectivity index (χ1) is 13.0. The number of para-hydroxylation sites is 1. The second-order valence-electron chi connectivity index (χ2n) is 6.67. The molecule has 1 atom stereocenters. The molecule has 0 spiro atoms. The lowest BCUT2D eigenvalue weighted by Gasteiger charge is -2.39. The first-order valence-electron chi connectivity index (χ1n) is 8.83. The van der Waals surface area contributed by atoms with Crippen LogP contribution in [0.2, 0.25) is 0 Å². The van der Waals surface area contributed by atoms with E-state index in [0.29, 0.717) is 31.3 Å². The molecule has 0 amide bonds. The van der Waals surface area contributed by atoms with Crippen LogP contribution in [0.1, 0.15) is 12.5 Å². The van der Waals surface area contributed by atoms with E-state index in [9.17, 15) is 21.6 Å². The Morgan fingerprint density at radius 3 is 2.36 bits per heavy atom. The number of nitrogens with one attached hydrogen (secondary N) is 2. The Hall–Kier alpha value is -2.01. The summed E-state index contributed by atoms with van der Waals surface area (Å²) in [6, 6.07) is 5.50. The number of sulfonamides is 1. The maximum absolute atomic E-state index is 12.9. The summed E-state index contributed by atoms with van der Waals surface area (Å²) in [6.07, 6.45) is -3.16. The van der Waals surface area contributed by atoms with E-state index in [1.54, 1.807) is 31.3 Å². The van der Waals surface area contributed by atoms with Gasteiger partial charge in [-0.3, -0.25) is 14.6 Å². The van der Waals surface area contributed by atoms with Gasteiger partial charge in [0.2, 0.25) is 10.0 Å². The fraction of sp³-hybridized carbons (Fsp3) is 0.588. The van der Waals surface area contributed by atoms with E-state index in [4.69, 9.17) is 0 Å². The lowest BCUT2D eigenvalue weighted by atomic mass is 10.2. The van der Waals surface area contributed by atoms with Crippen molar-refractivity contribution in [2.45, 2.75) is 25.7 Å². The Kier molecular flexibility index (Phi) is 7.16. The minimum absolute atomic E-state index is 0.285. The van der Waals surface area contributed by atoms with Gasteiger partial charge in [-0.05, 0) is 18.6 Å². The molecule has 1 aliphatic rings. The van der Waals surface area contributed by atoms with Crippen molar-refractivity contribution in [2.24, 2.45) is 4.99 Å². The fourth-order valence-electron chi connectivity index (χ4n) is 3.01. The van der Waals surface area contributed by atoms with Gasteiger partial charge in [-0.2, -0.15) is 13.2 Å². The van der Waals surface area contributed by atoms with Crippen LogP contribution < -0.4 is 10.0 Å². The molecule has 2 N–H and O–H groups in total. The summed E-state index contributed by atoms with van der Waals surface area (Å²) in [7, 11) is -1.80. The molecule has 0 bridgehead atoms. The topological polar surface area (TPSA) is 77.0 Å². The van der Waals surface area contributed by atoms with Crippen molar-refractivity contribution in [3.63, 3.8) is 0 Å². The van der Waals surface area contributed by atoms with Gasteiger partial charge in [-0.15, -0.1) is 0 Å². The van der Waals surface area contributed by atoms with E-state index in [0.717, 1.165) is 11.8 Å². The van der Waals surface area contributed by atoms with Crippen LogP contribution in [0.4, 0.5) is 18.9 Å². The zero-order valence-corrected chi connectivity index (χ0v) is 16.9. The van der Waals surface area contributed by atoms with Crippen LogP contribution in [0.25, 0.3) is 0 Å². The molecule has 1 aromatic carbocycles. The molecule has 2 rings (SSSR count). The number of benzene rings is 1. The molecule has 11 heteroatoms. The Morgan fingerprint density at radius 1 is 1.21 bits per heavy atom. The van der Waals surface area contributed by atoms with Gasteiger partial charge in [0, 0.05) is 39.8 Å². The molecule has 1 heterocycles.